The number of methoxy groups -OCH3 is 1. The molecule has 0 aliphatic carbocycles. The number of thiazole rings is 1. The van der Waals surface area contributed by atoms with E-state index in [0.717, 1.165) is 33.3 Å². The van der Waals surface area contributed by atoms with E-state index in [-0.39, 0.29) is 0 Å². The SMILES string of the molecule is COc1ccc(/C(=C/N)N(N)c2ccc(-c3csc(C)n3)cc2)cc1. The van der Waals surface area contributed by atoms with E-state index in [1.807, 2.05) is 60.8 Å². The number of benzene rings is 2. The third-order valence-corrected chi connectivity index (χ3v) is 4.64. The predicted octanol–water partition coefficient (Wildman–Crippen LogP) is 3.76. The molecular formula is C19H20N4OS. The first-order valence-electron chi connectivity index (χ1n) is 7.76. The monoisotopic (exact) mass is 352 g/mol. The molecule has 0 aliphatic heterocycles. The summed E-state index contributed by atoms with van der Waals surface area (Å²) in [5.41, 5.74) is 10.3. The van der Waals surface area contributed by atoms with Crippen molar-refractivity contribution in [2.45, 2.75) is 6.92 Å². The van der Waals surface area contributed by atoms with E-state index in [1.165, 1.54) is 6.20 Å². The summed E-state index contributed by atoms with van der Waals surface area (Å²) in [6.07, 6.45) is 1.50. The minimum atomic E-state index is 0.708. The lowest BCUT2D eigenvalue weighted by atomic mass is 10.1. The second-order valence-electron chi connectivity index (χ2n) is 5.45. The van der Waals surface area contributed by atoms with Crippen LogP contribution in [-0.2, 0) is 0 Å². The summed E-state index contributed by atoms with van der Waals surface area (Å²) < 4.78 is 5.18. The van der Waals surface area contributed by atoms with Gasteiger partial charge in [-0.3, -0.25) is 5.01 Å². The van der Waals surface area contributed by atoms with Gasteiger partial charge in [-0.1, -0.05) is 12.1 Å². The number of hydrogen-bond acceptors (Lipinski definition) is 6. The minimum absolute atomic E-state index is 0.708. The highest BCUT2D eigenvalue weighted by atomic mass is 32.1. The molecule has 3 rings (SSSR count). The van der Waals surface area contributed by atoms with Crippen molar-refractivity contribution in [1.82, 2.24) is 4.98 Å². The first-order valence-corrected chi connectivity index (χ1v) is 8.64. The molecular weight excluding hydrogens is 332 g/mol. The zero-order chi connectivity index (χ0) is 17.8. The molecule has 3 aromatic rings. The van der Waals surface area contributed by atoms with Crippen molar-refractivity contribution >= 4 is 22.7 Å². The lowest BCUT2D eigenvalue weighted by Gasteiger charge is -2.22. The molecule has 25 heavy (non-hydrogen) atoms. The third-order valence-electron chi connectivity index (χ3n) is 3.86. The smallest absolute Gasteiger partial charge is 0.118 e. The highest BCUT2D eigenvalue weighted by Crippen LogP contribution is 2.27. The number of hydrazine groups is 1. The van der Waals surface area contributed by atoms with E-state index in [2.05, 4.69) is 4.98 Å². The molecule has 0 unspecified atom stereocenters. The maximum absolute atomic E-state index is 6.29. The van der Waals surface area contributed by atoms with E-state index >= 15 is 0 Å². The molecule has 0 aliphatic rings. The summed E-state index contributed by atoms with van der Waals surface area (Å²) in [7, 11) is 1.63. The van der Waals surface area contributed by atoms with Gasteiger partial charge in [0.05, 0.1) is 29.2 Å². The highest BCUT2D eigenvalue weighted by molar-refractivity contribution is 7.09. The minimum Gasteiger partial charge on any atom is -0.497 e. The summed E-state index contributed by atoms with van der Waals surface area (Å²) >= 11 is 1.64. The first kappa shape index (κ1) is 17.0. The van der Waals surface area contributed by atoms with Crippen LogP contribution in [0.15, 0.2) is 60.1 Å². The molecule has 0 atom stereocenters. The van der Waals surface area contributed by atoms with E-state index in [0.29, 0.717) is 5.70 Å². The number of aryl methyl sites for hydroxylation is 1. The normalized spacial score (nSPS) is 11.4. The number of nitrogens with two attached hydrogens (primary N) is 2. The summed E-state index contributed by atoms with van der Waals surface area (Å²) in [5, 5.41) is 4.66. The molecule has 5 nitrogen and oxygen atoms in total. The van der Waals surface area contributed by atoms with Crippen molar-refractivity contribution in [3.8, 4) is 17.0 Å². The topological polar surface area (TPSA) is 77.4 Å². The van der Waals surface area contributed by atoms with E-state index in [9.17, 15) is 0 Å². The van der Waals surface area contributed by atoms with Gasteiger partial charge >= 0.3 is 0 Å². The molecule has 0 saturated carbocycles. The number of nitrogens with zero attached hydrogens (tertiary/aromatic N) is 2. The van der Waals surface area contributed by atoms with Gasteiger partial charge in [0.2, 0.25) is 0 Å². The molecule has 2 aromatic carbocycles. The Bertz CT molecular complexity index is 869. The van der Waals surface area contributed by atoms with Crippen LogP contribution in [0.4, 0.5) is 5.69 Å². The molecule has 1 aromatic heterocycles. The van der Waals surface area contributed by atoms with Crippen molar-refractivity contribution in [3.05, 3.63) is 70.7 Å². The van der Waals surface area contributed by atoms with Crippen LogP contribution in [0, 0.1) is 6.92 Å². The average molecular weight is 352 g/mol. The molecule has 4 N–H and O–H groups in total. The van der Waals surface area contributed by atoms with Gasteiger partial charge in [0.15, 0.2) is 0 Å². The van der Waals surface area contributed by atoms with Crippen molar-refractivity contribution in [3.63, 3.8) is 0 Å². The molecule has 0 radical (unpaired) electrons. The van der Waals surface area contributed by atoms with E-state index < -0.39 is 0 Å². The van der Waals surface area contributed by atoms with Gasteiger partial charge in [0.1, 0.15) is 5.75 Å². The second-order valence-corrected chi connectivity index (χ2v) is 6.51. The maximum Gasteiger partial charge on any atom is 0.118 e. The van der Waals surface area contributed by atoms with E-state index in [4.69, 9.17) is 16.3 Å². The Labute approximate surface area is 151 Å². The quantitative estimate of drug-likeness (QED) is 0.540. The number of rotatable bonds is 5. The lowest BCUT2D eigenvalue weighted by molar-refractivity contribution is 0.415. The third kappa shape index (κ3) is 3.65. The largest absolute Gasteiger partial charge is 0.497 e. The summed E-state index contributed by atoms with van der Waals surface area (Å²) in [6.45, 7) is 2.00. The summed E-state index contributed by atoms with van der Waals surface area (Å²) in [6, 6.07) is 15.5. The average Bonchev–Trinajstić information content (AvgIpc) is 3.09. The van der Waals surface area contributed by atoms with Crippen LogP contribution >= 0.6 is 11.3 Å². The molecule has 0 saturated heterocycles. The van der Waals surface area contributed by atoms with Crippen molar-refractivity contribution in [1.29, 1.82) is 0 Å². The van der Waals surface area contributed by atoms with Gasteiger partial charge in [0.25, 0.3) is 0 Å². The van der Waals surface area contributed by atoms with Crippen molar-refractivity contribution in [2.24, 2.45) is 11.6 Å². The fourth-order valence-corrected chi connectivity index (χ4v) is 3.13. The molecule has 6 heteroatoms. The second kappa shape index (κ2) is 7.38. The Morgan fingerprint density at radius 1 is 1.12 bits per heavy atom. The summed E-state index contributed by atoms with van der Waals surface area (Å²) in [5.74, 6) is 7.07. The Kier molecular flexibility index (Phi) is 5.02. The zero-order valence-electron chi connectivity index (χ0n) is 14.1. The van der Waals surface area contributed by atoms with Crippen LogP contribution in [0.3, 0.4) is 0 Å². The maximum atomic E-state index is 6.29. The van der Waals surface area contributed by atoms with Crippen LogP contribution in [0.5, 0.6) is 5.75 Å². The molecule has 128 valence electrons. The fourth-order valence-electron chi connectivity index (χ4n) is 2.51. The summed E-state index contributed by atoms with van der Waals surface area (Å²) in [4.78, 5) is 4.50. The Balaban J connectivity index is 1.84. The van der Waals surface area contributed by atoms with Crippen LogP contribution in [0.25, 0.3) is 17.0 Å². The molecule has 0 amide bonds. The molecule has 0 fully saturated rings. The van der Waals surface area contributed by atoms with Crippen molar-refractivity contribution in [2.75, 3.05) is 12.1 Å². The Hall–Kier alpha value is -2.83. The van der Waals surface area contributed by atoms with Gasteiger partial charge < -0.3 is 10.5 Å². The highest BCUT2D eigenvalue weighted by Gasteiger charge is 2.11. The lowest BCUT2D eigenvalue weighted by Crippen LogP contribution is -2.29. The molecule has 1 heterocycles. The standard InChI is InChI=1S/C19H20N4OS/c1-13-22-18(12-25-13)14-3-7-16(8-4-14)23(21)19(11-20)15-5-9-17(24-2)10-6-15/h3-12H,20-21H2,1-2H3/b19-11-. The van der Waals surface area contributed by atoms with Crippen LogP contribution in [-0.4, -0.2) is 12.1 Å². The van der Waals surface area contributed by atoms with Gasteiger partial charge in [-0.2, -0.15) is 0 Å². The molecule has 0 bridgehead atoms. The van der Waals surface area contributed by atoms with Crippen LogP contribution in [0.2, 0.25) is 0 Å². The fraction of sp³-hybridized carbons (Fsp3) is 0.105. The molecule has 0 spiro atoms. The zero-order valence-corrected chi connectivity index (χ0v) is 15.0. The Morgan fingerprint density at radius 3 is 2.32 bits per heavy atom. The number of aromatic nitrogens is 1. The van der Waals surface area contributed by atoms with Crippen LogP contribution in [0.1, 0.15) is 10.6 Å². The Morgan fingerprint density at radius 2 is 1.80 bits per heavy atom. The first-order chi connectivity index (χ1) is 12.1. The van der Waals surface area contributed by atoms with Gasteiger partial charge in [0, 0.05) is 22.7 Å². The van der Waals surface area contributed by atoms with E-state index in [1.54, 1.807) is 23.5 Å². The van der Waals surface area contributed by atoms with Gasteiger partial charge in [-0.05, 0) is 43.3 Å². The van der Waals surface area contributed by atoms with Crippen molar-refractivity contribution < 1.29 is 4.74 Å². The van der Waals surface area contributed by atoms with Gasteiger partial charge in [-0.25, -0.2) is 10.8 Å². The predicted molar refractivity (Wildman–Crippen MR) is 104 cm³/mol. The van der Waals surface area contributed by atoms with Gasteiger partial charge in [-0.15, -0.1) is 11.3 Å². The number of anilines is 1. The number of ether oxygens (including phenoxy) is 1. The van der Waals surface area contributed by atoms with Crippen LogP contribution < -0.4 is 21.3 Å². The number of hydrogen-bond donors (Lipinski definition) is 2.